The molecule has 0 amide bonds. The van der Waals surface area contributed by atoms with E-state index in [2.05, 4.69) is 124 Å². The Hall–Kier alpha value is -7.39. The van der Waals surface area contributed by atoms with Gasteiger partial charge in [-0.15, -0.1) is 0 Å². The van der Waals surface area contributed by atoms with Crippen LogP contribution in [0.4, 0.5) is 0 Å². The Bertz CT molecular complexity index is 2830. The van der Waals surface area contributed by atoms with Crippen LogP contribution in [0.1, 0.15) is 16.7 Å². The third-order valence-corrected chi connectivity index (χ3v) is 9.62. The molecule has 0 bridgehead atoms. The van der Waals surface area contributed by atoms with Crippen molar-refractivity contribution < 1.29 is 0 Å². The average molecular weight is 636 g/mol. The molecular weight excluding hydrogens is 611 g/mol. The van der Waals surface area contributed by atoms with Crippen LogP contribution in [-0.4, -0.2) is 9.13 Å². The zero-order valence-corrected chi connectivity index (χ0v) is 26.7. The first-order valence-corrected chi connectivity index (χ1v) is 16.3. The molecule has 2 heterocycles. The van der Waals surface area contributed by atoms with Gasteiger partial charge in [0.15, 0.2) is 0 Å². The first-order valence-electron chi connectivity index (χ1n) is 16.3. The van der Waals surface area contributed by atoms with E-state index in [0.29, 0.717) is 16.7 Å². The molecule has 0 aliphatic heterocycles. The lowest BCUT2D eigenvalue weighted by Crippen LogP contribution is -2.01. The maximum atomic E-state index is 10.4. The Balaban J connectivity index is 1.19. The molecule has 50 heavy (non-hydrogen) atoms. The molecule has 0 aliphatic carbocycles. The molecule has 0 unspecified atom stereocenters. The molecule has 0 fully saturated rings. The van der Waals surface area contributed by atoms with Gasteiger partial charge in [0.25, 0.3) is 0 Å². The molecule has 230 valence electrons. The number of hydrogen-bond acceptors (Lipinski definition) is 3. The van der Waals surface area contributed by atoms with E-state index in [1.807, 2.05) is 42.5 Å². The summed E-state index contributed by atoms with van der Waals surface area (Å²) in [6.45, 7) is 0. The summed E-state index contributed by atoms with van der Waals surface area (Å²) >= 11 is 0. The molecule has 0 saturated heterocycles. The van der Waals surface area contributed by atoms with E-state index < -0.39 is 0 Å². The summed E-state index contributed by atoms with van der Waals surface area (Å²) in [6.07, 6.45) is 0. The topological polar surface area (TPSA) is 81.2 Å². The number of rotatable bonds is 4. The van der Waals surface area contributed by atoms with E-state index in [-0.39, 0.29) is 0 Å². The largest absolute Gasteiger partial charge is 0.309 e. The molecule has 0 N–H and O–H groups in total. The van der Waals surface area contributed by atoms with Crippen LogP contribution in [0.25, 0.3) is 77.2 Å². The molecule has 0 radical (unpaired) electrons. The van der Waals surface area contributed by atoms with Gasteiger partial charge in [0.1, 0.15) is 6.07 Å². The first-order chi connectivity index (χ1) is 24.7. The fraction of sp³-hybridized carbons (Fsp3) is 0. The third-order valence-electron chi connectivity index (χ3n) is 9.62. The highest BCUT2D eigenvalue weighted by molar-refractivity contribution is 6.11. The Morgan fingerprint density at radius 3 is 1.54 bits per heavy atom. The Morgan fingerprint density at radius 2 is 0.940 bits per heavy atom. The highest BCUT2D eigenvalue weighted by atomic mass is 15.0. The van der Waals surface area contributed by atoms with Gasteiger partial charge in [-0.05, 0) is 89.5 Å². The van der Waals surface area contributed by atoms with Crippen LogP contribution in [0.2, 0.25) is 0 Å². The number of nitriles is 3. The van der Waals surface area contributed by atoms with Gasteiger partial charge in [0.2, 0.25) is 0 Å². The maximum absolute atomic E-state index is 10.4. The van der Waals surface area contributed by atoms with Crippen LogP contribution >= 0.6 is 0 Å². The number of aromatic nitrogens is 2. The summed E-state index contributed by atoms with van der Waals surface area (Å²) < 4.78 is 4.41. The summed E-state index contributed by atoms with van der Waals surface area (Å²) in [5.41, 5.74) is 11.5. The maximum Gasteiger partial charge on any atom is 0.101 e. The Morgan fingerprint density at radius 1 is 0.380 bits per heavy atom. The van der Waals surface area contributed by atoms with Crippen molar-refractivity contribution in [2.45, 2.75) is 0 Å². The summed E-state index contributed by atoms with van der Waals surface area (Å²) in [5.74, 6) is 0. The van der Waals surface area contributed by atoms with Gasteiger partial charge in [0, 0.05) is 32.8 Å². The average Bonchev–Trinajstić information content (AvgIpc) is 3.69. The number of hydrogen-bond donors (Lipinski definition) is 0. The highest BCUT2D eigenvalue weighted by Gasteiger charge is 2.20. The zero-order valence-electron chi connectivity index (χ0n) is 26.7. The van der Waals surface area contributed by atoms with Crippen LogP contribution in [0.3, 0.4) is 0 Å². The second-order valence-corrected chi connectivity index (χ2v) is 12.3. The van der Waals surface area contributed by atoms with Crippen molar-refractivity contribution >= 4 is 43.6 Å². The fourth-order valence-electron chi connectivity index (χ4n) is 7.38. The molecule has 5 heteroatoms. The smallest absolute Gasteiger partial charge is 0.101 e. The van der Waals surface area contributed by atoms with Crippen LogP contribution in [0.5, 0.6) is 0 Å². The van der Waals surface area contributed by atoms with Gasteiger partial charge in [-0.25, -0.2) is 0 Å². The van der Waals surface area contributed by atoms with Crippen LogP contribution in [-0.2, 0) is 0 Å². The van der Waals surface area contributed by atoms with Gasteiger partial charge in [-0.1, -0.05) is 78.9 Å². The number of nitrogens with zero attached hydrogens (tertiary/aromatic N) is 5. The van der Waals surface area contributed by atoms with Crippen molar-refractivity contribution in [3.63, 3.8) is 0 Å². The Labute approximate surface area is 287 Å². The molecule has 2 aromatic heterocycles. The van der Waals surface area contributed by atoms with Crippen LogP contribution in [0, 0.1) is 34.0 Å². The summed E-state index contributed by atoms with van der Waals surface area (Å²) in [6, 6.07) is 58.0. The third kappa shape index (κ3) is 4.38. The molecular formula is C45H25N5. The molecule has 7 aromatic carbocycles. The first kappa shape index (κ1) is 28.8. The molecule has 0 aliphatic rings. The van der Waals surface area contributed by atoms with Gasteiger partial charge in [-0.2, -0.15) is 15.8 Å². The minimum Gasteiger partial charge on any atom is -0.309 e. The van der Waals surface area contributed by atoms with Gasteiger partial charge < -0.3 is 9.13 Å². The van der Waals surface area contributed by atoms with Gasteiger partial charge >= 0.3 is 0 Å². The molecule has 0 saturated carbocycles. The van der Waals surface area contributed by atoms with Crippen molar-refractivity contribution in [1.82, 2.24) is 9.13 Å². The van der Waals surface area contributed by atoms with E-state index >= 15 is 0 Å². The molecule has 0 spiro atoms. The minimum absolute atomic E-state index is 0.524. The van der Waals surface area contributed by atoms with Gasteiger partial charge in [0.05, 0.1) is 56.6 Å². The van der Waals surface area contributed by atoms with E-state index in [0.717, 1.165) is 55.4 Å². The van der Waals surface area contributed by atoms with Crippen molar-refractivity contribution in [2.24, 2.45) is 0 Å². The quantitative estimate of drug-likeness (QED) is 0.193. The minimum atomic E-state index is 0.524. The predicted molar refractivity (Wildman–Crippen MR) is 200 cm³/mol. The van der Waals surface area contributed by atoms with E-state index in [1.54, 1.807) is 12.1 Å². The SMILES string of the molecule is N#Cc1ccc2c(c1)c1cc(C#N)ccc1n2-c1c(C#N)cccc1-c1cccc(-c2ccc(-n3c4ccccc4c4ccccc43)cc2)c1. The van der Waals surface area contributed by atoms with Crippen molar-refractivity contribution in [3.8, 4) is 51.8 Å². The van der Waals surface area contributed by atoms with Crippen molar-refractivity contribution in [2.75, 3.05) is 0 Å². The number of para-hydroxylation sites is 3. The van der Waals surface area contributed by atoms with Crippen molar-refractivity contribution in [1.29, 1.82) is 15.8 Å². The fourth-order valence-corrected chi connectivity index (χ4v) is 7.38. The summed E-state index contributed by atoms with van der Waals surface area (Å²) in [7, 11) is 0. The Kier molecular flexibility index (Phi) is 6.56. The standard InChI is InChI=1S/C45H25N5/c46-26-29-15-21-43-39(23-29)40-24-30(27-47)16-22-44(40)50(43)45-34(28-48)9-6-12-36(45)33-8-5-7-32(25-33)31-17-19-35(20-18-31)49-41-13-3-1-10-37(41)38-11-2-4-14-42(38)49/h1-25H. The molecule has 9 rings (SSSR count). The van der Waals surface area contributed by atoms with E-state index in [1.165, 1.54) is 21.8 Å². The summed E-state index contributed by atoms with van der Waals surface area (Å²) in [5, 5.41) is 33.9. The predicted octanol–water partition coefficient (Wildman–Crippen LogP) is 10.8. The van der Waals surface area contributed by atoms with E-state index in [9.17, 15) is 15.8 Å². The lowest BCUT2D eigenvalue weighted by atomic mass is 9.96. The van der Waals surface area contributed by atoms with Crippen molar-refractivity contribution in [3.05, 3.63) is 168 Å². The lowest BCUT2D eigenvalue weighted by Gasteiger charge is -2.16. The normalized spacial score (nSPS) is 11.1. The van der Waals surface area contributed by atoms with Crippen LogP contribution in [0.15, 0.2) is 152 Å². The highest BCUT2D eigenvalue weighted by Crippen LogP contribution is 2.40. The second-order valence-electron chi connectivity index (χ2n) is 12.3. The summed E-state index contributed by atoms with van der Waals surface area (Å²) in [4.78, 5) is 0. The monoisotopic (exact) mass is 635 g/mol. The lowest BCUT2D eigenvalue weighted by molar-refractivity contribution is 1.17. The van der Waals surface area contributed by atoms with Gasteiger partial charge in [-0.3, -0.25) is 0 Å². The second kappa shape index (κ2) is 11.4. The number of benzene rings is 7. The molecule has 5 nitrogen and oxygen atoms in total. The number of fused-ring (bicyclic) bond motifs is 6. The van der Waals surface area contributed by atoms with Crippen LogP contribution < -0.4 is 0 Å². The van der Waals surface area contributed by atoms with E-state index in [4.69, 9.17) is 0 Å². The molecule has 0 atom stereocenters. The zero-order chi connectivity index (χ0) is 33.8. The molecule has 9 aromatic rings.